The molecule has 0 atom stereocenters. The summed E-state index contributed by atoms with van der Waals surface area (Å²) in [6.45, 7) is 4.33. The van der Waals surface area contributed by atoms with Gasteiger partial charge in [-0.3, -0.25) is 0 Å². The maximum Gasteiger partial charge on any atom is 0.0587 e. The summed E-state index contributed by atoms with van der Waals surface area (Å²) in [5, 5.41) is 6.83. The van der Waals surface area contributed by atoms with Crippen LogP contribution < -0.4 is 10.6 Å². The molecule has 0 unspecified atom stereocenters. The lowest BCUT2D eigenvalue weighted by Crippen LogP contribution is -2.64. The molecule has 2 N–H and O–H groups in total. The molecule has 2 fully saturated rings. The number of methoxy groups -OCH3 is 1. The van der Waals surface area contributed by atoms with Crippen molar-refractivity contribution >= 4 is 0 Å². The highest BCUT2D eigenvalue weighted by Gasteiger charge is 2.47. The maximum absolute atomic E-state index is 4.98. The van der Waals surface area contributed by atoms with Crippen molar-refractivity contribution in [2.24, 2.45) is 5.41 Å². The zero-order valence-corrected chi connectivity index (χ0v) is 7.73. The van der Waals surface area contributed by atoms with E-state index in [1.165, 1.54) is 25.9 Å². The molecule has 2 aliphatic rings. The molecular weight excluding hydrogens is 152 g/mol. The van der Waals surface area contributed by atoms with Gasteiger partial charge in [0.1, 0.15) is 0 Å². The third-order valence-electron chi connectivity index (χ3n) is 3.10. The van der Waals surface area contributed by atoms with Crippen molar-refractivity contribution in [2.45, 2.75) is 18.9 Å². The van der Waals surface area contributed by atoms with Gasteiger partial charge in [-0.15, -0.1) is 0 Å². The van der Waals surface area contributed by atoms with Crippen LogP contribution in [0.4, 0.5) is 0 Å². The van der Waals surface area contributed by atoms with E-state index < -0.39 is 0 Å². The quantitative estimate of drug-likeness (QED) is 0.582. The molecule has 2 rings (SSSR count). The first-order valence-electron chi connectivity index (χ1n) is 4.78. The van der Waals surface area contributed by atoms with Crippen molar-refractivity contribution in [3.05, 3.63) is 0 Å². The van der Waals surface area contributed by atoms with Crippen LogP contribution in [0.3, 0.4) is 0 Å². The van der Waals surface area contributed by atoms with Gasteiger partial charge < -0.3 is 15.4 Å². The van der Waals surface area contributed by atoms with Crippen molar-refractivity contribution in [3.8, 4) is 0 Å². The lowest BCUT2D eigenvalue weighted by atomic mass is 9.62. The van der Waals surface area contributed by atoms with Crippen LogP contribution in [0.5, 0.6) is 0 Å². The summed E-state index contributed by atoms with van der Waals surface area (Å²) in [5.41, 5.74) is 0.699. The Morgan fingerprint density at radius 2 is 2.25 bits per heavy atom. The van der Waals surface area contributed by atoms with Crippen LogP contribution in [0.2, 0.25) is 0 Å². The first kappa shape index (κ1) is 8.48. The van der Waals surface area contributed by atoms with E-state index >= 15 is 0 Å². The zero-order chi connectivity index (χ0) is 8.44. The van der Waals surface area contributed by atoms with Gasteiger partial charge in [0.2, 0.25) is 0 Å². The topological polar surface area (TPSA) is 33.3 Å². The van der Waals surface area contributed by atoms with Crippen LogP contribution in [0.15, 0.2) is 0 Å². The smallest absolute Gasteiger partial charge is 0.0587 e. The molecule has 1 saturated carbocycles. The van der Waals surface area contributed by atoms with E-state index in [4.69, 9.17) is 4.74 Å². The predicted octanol–water partition coefficient (Wildman–Crippen LogP) is -0.0256. The van der Waals surface area contributed by atoms with E-state index in [0.717, 1.165) is 19.2 Å². The molecule has 0 aromatic heterocycles. The Bertz CT molecular complexity index is 149. The second-order valence-electron chi connectivity index (χ2n) is 4.16. The van der Waals surface area contributed by atoms with E-state index in [-0.39, 0.29) is 0 Å². The average Bonchev–Trinajstić information content (AvgIpc) is 1.90. The standard InChI is InChI=1S/C9H18N2O/c1-12-3-2-11-8-4-9(5-8)6-10-7-9/h8,10-11H,2-7H2,1H3. The number of hydrogen-bond acceptors (Lipinski definition) is 3. The number of ether oxygens (including phenoxy) is 1. The Morgan fingerprint density at radius 1 is 1.50 bits per heavy atom. The van der Waals surface area contributed by atoms with Gasteiger partial charge in [0.25, 0.3) is 0 Å². The summed E-state index contributed by atoms with van der Waals surface area (Å²) in [5.74, 6) is 0. The largest absolute Gasteiger partial charge is 0.383 e. The lowest BCUT2D eigenvalue weighted by Gasteiger charge is -2.54. The van der Waals surface area contributed by atoms with E-state index in [2.05, 4.69) is 10.6 Å². The zero-order valence-electron chi connectivity index (χ0n) is 7.73. The van der Waals surface area contributed by atoms with Crippen molar-refractivity contribution in [1.82, 2.24) is 10.6 Å². The number of nitrogens with one attached hydrogen (secondary N) is 2. The minimum atomic E-state index is 0.699. The summed E-state index contributed by atoms with van der Waals surface area (Å²) >= 11 is 0. The molecule has 0 amide bonds. The Hall–Kier alpha value is -0.120. The third-order valence-corrected chi connectivity index (χ3v) is 3.10. The SMILES string of the molecule is COCCNC1CC2(CNC2)C1. The van der Waals surface area contributed by atoms with Gasteiger partial charge in [-0.25, -0.2) is 0 Å². The fourth-order valence-electron chi connectivity index (χ4n) is 2.26. The summed E-state index contributed by atoms with van der Waals surface area (Å²) in [6.07, 6.45) is 2.73. The van der Waals surface area contributed by atoms with Gasteiger partial charge in [-0.05, 0) is 18.3 Å². The Labute approximate surface area is 73.9 Å². The number of rotatable bonds is 4. The molecule has 0 aromatic carbocycles. The van der Waals surface area contributed by atoms with Crippen LogP contribution in [0, 0.1) is 5.41 Å². The molecule has 12 heavy (non-hydrogen) atoms. The van der Waals surface area contributed by atoms with Crippen LogP contribution in [0.1, 0.15) is 12.8 Å². The van der Waals surface area contributed by atoms with Crippen molar-refractivity contribution < 1.29 is 4.74 Å². The Kier molecular flexibility index (Phi) is 2.35. The molecule has 0 radical (unpaired) electrons. The summed E-state index contributed by atoms with van der Waals surface area (Å²) in [4.78, 5) is 0. The normalized spacial score (nSPS) is 26.8. The average molecular weight is 170 g/mol. The van der Waals surface area contributed by atoms with Gasteiger partial charge in [0.05, 0.1) is 6.61 Å². The highest BCUT2D eigenvalue weighted by atomic mass is 16.5. The monoisotopic (exact) mass is 170 g/mol. The predicted molar refractivity (Wildman–Crippen MR) is 48.2 cm³/mol. The molecule has 3 nitrogen and oxygen atoms in total. The minimum absolute atomic E-state index is 0.699. The molecule has 3 heteroatoms. The van der Waals surface area contributed by atoms with Gasteiger partial charge in [0, 0.05) is 32.8 Å². The van der Waals surface area contributed by atoms with E-state index in [9.17, 15) is 0 Å². The Balaban J connectivity index is 1.56. The van der Waals surface area contributed by atoms with Gasteiger partial charge in [-0.1, -0.05) is 0 Å². The summed E-state index contributed by atoms with van der Waals surface area (Å²) in [7, 11) is 1.75. The van der Waals surface area contributed by atoms with E-state index in [0.29, 0.717) is 5.41 Å². The summed E-state index contributed by atoms with van der Waals surface area (Å²) in [6, 6.07) is 0.766. The minimum Gasteiger partial charge on any atom is -0.383 e. The van der Waals surface area contributed by atoms with Gasteiger partial charge in [-0.2, -0.15) is 0 Å². The van der Waals surface area contributed by atoms with Crippen molar-refractivity contribution in [3.63, 3.8) is 0 Å². The molecule has 1 saturated heterocycles. The van der Waals surface area contributed by atoms with Crippen molar-refractivity contribution in [2.75, 3.05) is 33.4 Å². The fraction of sp³-hybridized carbons (Fsp3) is 1.00. The van der Waals surface area contributed by atoms with Crippen LogP contribution >= 0.6 is 0 Å². The third kappa shape index (κ3) is 1.49. The van der Waals surface area contributed by atoms with E-state index in [1.807, 2.05) is 0 Å². The molecule has 1 spiro atoms. The highest BCUT2D eigenvalue weighted by Crippen LogP contribution is 2.43. The van der Waals surface area contributed by atoms with Gasteiger partial charge >= 0.3 is 0 Å². The second-order valence-corrected chi connectivity index (χ2v) is 4.16. The molecule has 0 aromatic rings. The second kappa shape index (κ2) is 3.32. The van der Waals surface area contributed by atoms with E-state index in [1.54, 1.807) is 7.11 Å². The van der Waals surface area contributed by atoms with Gasteiger partial charge in [0.15, 0.2) is 0 Å². The van der Waals surface area contributed by atoms with Crippen LogP contribution in [-0.4, -0.2) is 39.4 Å². The first-order chi connectivity index (χ1) is 5.85. The molecule has 1 aliphatic heterocycles. The fourth-order valence-corrected chi connectivity index (χ4v) is 2.26. The molecular formula is C9H18N2O. The first-order valence-corrected chi connectivity index (χ1v) is 4.78. The molecule has 1 heterocycles. The maximum atomic E-state index is 4.98. The molecule has 1 aliphatic carbocycles. The summed E-state index contributed by atoms with van der Waals surface area (Å²) < 4.78 is 4.98. The molecule has 70 valence electrons. The lowest BCUT2D eigenvalue weighted by molar-refractivity contribution is 0.0212. The number of hydrogen-bond donors (Lipinski definition) is 2. The van der Waals surface area contributed by atoms with Crippen LogP contribution in [0.25, 0.3) is 0 Å². The highest BCUT2D eigenvalue weighted by molar-refractivity contribution is 5.05. The Morgan fingerprint density at radius 3 is 2.75 bits per heavy atom. The molecule has 0 bridgehead atoms. The van der Waals surface area contributed by atoms with Crippen LogP contribution in [-0.2, 0) is 4.74 Å². The van der Waals surface area contributed by atoms with Crippen molar-refractivity contribution in [1.29, 1.82) is 0 Å².